The number of halogens is 3. The average molecular weight is 487 g/mol. The molecule has 0 amide bonds. The van der Waals surface area contributed by atoms with Crippen molar-refractivity contribution < 1.29 is 9.00 Å². The first-order valence-corrected chi connectivity index (χ1v) is 9.61. The van der Waals surface area contributed by atoms with E-state index in [4.69, 9.17) is 0 Å². The molecule has 0 fully saturated rings. The summed E-state index contributed by atoms with van der Waals surface area (Å²) in [6.07, 6.45) is 0. The molecule has 0 spiro atoms. The Hall–Kier alpha value is 0.180. The van der Waals surface area contributed by atoms with Gasteiger partial charge in [-0.3, -0.25) is 9.00 Å². The van der Waals surface area contributed by atoms with E-state index in [1.54, 1.807) is 18.2 Å². The van der Waals surface area contributed by atoms with Gasteiger partial charge in [-0.15, -0.1) is 11.3 Å². The van der Waals surface area contributed by atoms with Crippen molar-refractivity contribution in [3.63, 3.8) is 0 Å². The number of rotatable bonds is 4. The van der Waals surface area contributed by atoms with Crippen LogP contribution < -0.4 is 0 Å². The van der Waals surface area contributed by atoms with Crippen LogP contribution in [0.5, 0.6) is 0 Å². The lowest BCUT2D eigenvalue weighted by molar-refractivity contribution is 0.102. The van der Waals surface area contributed by atoms with Gasteiger partial charge in [-0.2, -0.15) is 0 Å². The molecule has 19 heavy (non-hydrogen) atoms. The largest absolute Gasteiger partial charge is 0.293 e. The van der Waals surface area contributed by atoms with Crippen molar-refractivity contribution >= 4 is 75.7 Å². The predicted octanol–water partition coefficient (Wildman–Crippen LogP) is 5.03. The maximum absolute atomic E-state index is 12.1. The molecule has 0 saturated carbocycles. The highest BCUT2D eigenvalue weighted by Gasteiger charge is 2.17. The summed E-state index contributed by atoms with van der Waals surface area (Å²) in [7, 11) is -1.32. The molecule has 1 heterocycles. The standard InChI is InChI=1S/C12H7Br3O2S2/c13-7-1-3-8(4-2-7)19(17)6-10(16)9-5-11(14)18-12(9)15/h1-5H,6H2. The van der Waals surface area contributed by atoms with Crippen molar-refractivity contribution in [2.75, 3.05) is 5.75 Å². The Kier molecular flexibility index (Phi) is 5.54. The zero-order valence-electron chi connectivity index (χ0n) is 9.36. The minimum Gasteiger partial charge on any atom is -0.293 e. The second-order valence-corrected chi connectivity index (χ2v) is 9.72. The number of carbonyl (C=O) groups is 1. The van der Waals surface area contributed by atoms with Crippen LogP contribution in [0, 0.1) is 0 Å². The minimum absolute atomic E-state index is 0.0105. The van der Waals surface area contributed by atoms with Gasteiger partial charge in [0.25, 0.3) is 0 Å². The molecule has 0 saturated heterocycles. The molecule has 0 aliphatic carbocycles. The van der Waals surface area contributed by atoms with Gasteiger partial charge in [-0.05, 0) is 62.2 Å². The van der Waals surface area contributed by atoms with E-state index < -0.39 is 10.8 Å². The fourth-order valence-electron chi connectivity index (χ4n) is 1.40. The highest BCUT2D eigenvalue weighted by Crippen LogP contribution is 2.32. The van der Waals surface area contributed by atoms with Crippen molar-refractivity contribution in [2.24, 2.45) is 0 Å². The number of ketones is 1. The van der Waals surface area contributed by atoms with E-state index in [1.165, 1.54) is 11.3 Å². The Morgan fingerprint density at radius 3 is 2.32 bits per heavy atom. The van der Waals surface area contributed by atoms with Gasteiger partial charge < -0.3 is 0 Å². The smallest absolute Gasteiger partial charge is 0.177 e. The van der Waals surface area contributed by atoms with E-state index in [0.717, 1.165) is 12.0 Å². The topological polar surface area (TPSA) is 34.1 Å². The van der Waals surface area contributed by atoms with Crippen LogP contribution in [-0.2, 0) is 10.8 Å². The zero-order valence-corrected chi connectivity index (χ0v) is 15.8. The van der Waals surface area contributed by atoms with Crippen molar-refractivity contribution in [3.8, 4) is 0 Å². The molecular weight excluding hydrogens is 480 g/mol. The fourth-order valence-corrected chi connectivity index (χ4v) is 5.52. The molecule has 0 aliphatic rings. The van der Waals surface area contributed by atoms with Crippen LogP contribution in [0.15, 0.2) is 47.3 Å². The first-order chi connectivity index (χ1) is 8.97. The van der Waals surface area contributed by atoms with E-state index in [-0.39, 0.29) is 11.5 Å². The number of Topliss-reactive ketones (excluding diaryl/α,β-unsaturated/α-hetero) is 1. The third kappa shape index (κ3) is 4.07. The van der Waals surface area contributed by atoms with Gasteiger partial charge in [0, 0.05) is 14.9 Å². The summed E-state index contributed by atoms with van der Waals surface area (Å²) >= 11 is 11.4. The van der Waals surface area contributed by atoms with Gasteiger partial charge in [-0.25, -0.2) is 0 Å². The summed E-state index contributed by atoms with van der Waals surface area (Å²) in [5.41, 5.74) is 0.572. The maximum atomic E-state index is 12.1. The first kappa shape index (κ1) is 15.6. The Morgan fingerprint density at radius 2 is 1.79 bits per heavy atom. The van der Waals surface area contributed by atoms with Crippen LogP contribution in [0.3, 0.4) is 0 Å². The molecule has 1 aromatic heterocycles. The zero-order chi connectivity index (χ0) is 14.0. The van der Waals surface area contributed by atoms with E-state index in [0.29, 0.717) is 10.5 Å². The predicted molar refractivity (Wildman–Crippen MR) is 89.5 cm³/mol. The Labute approximate surface area is 142 Å². The highest BCUT2D eigenvalue weighted by atomic mass is 79.9. The summed E-state index contributed by atoms with van der Waals surface area (Å²) in [6, 6.07) is 8.89. The summed E-state index contributed by atoms with van der Waals surface area (Å²) in [6.45, 7) is 0. The van der Waals surface area contributed by atoms with E-state index in [2.05, 4.69) is 47.8 Å². The van der Waals surface area contributed by atoms with Crippen molar-refractivity contribution in [1.29, 1.82) is 0 Å². The fraction of sp³-hybridized carbons (Fsp3) is 0.0833. The minimum atomic E-state index is -1.32. The van der Waals surface area contributed by atoms with Crippen LogP contribution >= 0.6 is 59.1 Å². The van der Waals surface area contributed by atoms with Crippen LogP contribution in [0.2, 0.25) is 0 Å². The number of hydrogen-bond donors (Lipinski definition) is 0. The SMILES string of the molecule is O=C(CS(=O)c1ccc(Br)cc1)c1cc(Br)sc1Br. The van der Waals surface area contributed by atoms with E-state index >= 15 is 0 Å². The molecule has 1 atom stereocenters. The van der Waals surface area contributed by atoms with E-state index in [1.807, 2.05) is 12.1 Å². The molecule has 1 aromatic carbocycles. The molecular formula is C12H7Br3O2S2. The van der Waals surface area contributed by atoms with Crippen LogP contribution in [0.4, 0.5) is 0 Å². The summed E-state index contributed by atoms with van der Waals surface area (Å²) < 4.78 is 14.7. The van der Waals surface area contributed by atoms with Gasteiger partial charge in [-0.1, -0.05) is 15.9 Å². The monoisotopic (exact) mass is 484 g/mol. The van der Waals surface area contributed by atoms with Crippen LogP contribution in [0.1, 0.15) is 10.4 Å². The molecule has 2 nitrogen and oxygen atoms in total. The summed E-state index contributed by atoms with van der Waals surface area (Å²) in [5.74, 6) is -0.140. The van der Waals surface area contributed by atoms with Crippen LogP contribution in [0.25, 0.3) is 0 Å². The van der Waals surface area contributed by atoms with Gasteiger partial charge in [0.1, 0.15) is 0 Å². The lowest BCUT2D eigenvalue weighted by Crippen LogP contribution is -2.10. The molecule has 7 heteroatoms. The molecule has 0 aliphatic heterocycles. The van der Waals surface area contributed by atoms with Crippen LogP contribution in [-0.4, -0.2) is 15.7 Å². The average Bonchev–Trinajstić information content (AvgIpc) is 2.69. The normalized spacial score (nSPS) is 12.4. The van der Waals surface area contributed by atoms with E-state index in [9.17, 15) is 9.00 Å². The molecule has 1 unspecified atom stereocenters. The Morgan fingerprint density at radius 1 is 1.16 bits per heavy atom. The van der Waals surface area contributed by atoms with Gasteiger partial charge >= 0.3 is 0 Å². The maximum Gasteiger partial charge on any atom is 0.177 e. The molecule has 0 bridgehead atoms. The summed E-state index contributed by atoms with van der Waals surface area (Å²) in [5, 5.41) is 0. The highest BCUT2D eigenvalue weighted by molar-refractivity contribution is 9.12. The van der Waals surface area contributed by atoms with Gasteiger partial charge in [0.05, 0.1) is 24.1 Å². The van der Waals surface area contributed by atoms with Crippen molar-refractivity contribution in [3.05, 3.63) is 47.9 Å². The third-order valence-electron chi connectivity index (χ3n) is 2.30. The third-order valence-corrected chi connectivity index (χ3v) is 6.49. The number of carbonyl (C=O) groups excluding carboxylic acids is 1. The van der Waals surface area contributed by atoms with Gasteiger partial charge in [0.2, 0.25) is 0 Å². The Balaban J connectivity index is 2.13. The number of thiophene rings is 1. The number of benzene rings is 1. The first-order valence-electron chi connectivity index (χ1n) is 5.09. The quantitative estimate of drug-likeness (QED) is 0.568. The Bertz CT molecular complexity index is 635. The van der Waals surface area contributed by atoms with Gasteiger partial charge in [0.15, 0.2) is 5.78 Å². The van der Waals surface area contributed by atoms with Crippen molar-refractivity contribution in [1.82, 2.24) is 0 Å². The lowest BCUT2D eigenvalue weighted by Gasteiger charge is -2.01. The molecule has 100 valence electrons. The second-order valence-electron chi connectivity index (χ2n) is 3.60. The molecule has 0 radical (unpaired) electrons. The van der Waals surface area contributed by atoms with Crippen molar-refractivity contribution in [2.45, 2.75) is 4.90 Å². The molecule has 2 rings (SSSR count). The summed E-state index contributed by atoms with van der Waals surface area (Å²) in [4.78, 5) is 12.7. The number of hydrogen-bond acceptors (Lipinski definition) is 3. The lowest BCUT2D eigenvalue weighted by atomic mass is 10.2. The second kappa shape index (κ2) is 6.76. The molecule has 2 aromatic rings. The molecule has 0 N–H and O–H groups in total.